The van der Waals surface area contributed by atoms with Crippen LogP contribution in [-0.4, -0.2) is 95.5 Å². The van der Waals surface area contributed by atoms with Crippen LogP contribution in [-0.2, 0) is 23.1 Å². The number of hydrogen-bond acceptors (Lipinski definition) is 8. The molecule has 0 aliphatic carbocycles. The molecular weight excluding hydrogens is 564 g/mol. The minimum atomic E-state index is -3.96. The first-order valence-corrected chi connectivity index (χ1v) is 16.2. The Morgan fingerprint density at radius 2 is 1.23 bits per heavy atom. The van der Waals surface area contributed by atoms with Gasteiger partial charge in [0.15, 0.2) is 0 Å². The molecule has 43 heavy (non-hydrogen) atoms. The molecule has 10 nitrogen and oxygen atoms in total. The average molecular weight is 611 g/mol. The van der Waals surface area contributed by atoms with Gasteiger partial charge in [-0.2, -0.15) is 0 Å². The lowest BCUT2D eigenvalue weighted by molar-refractivity contribution is -0.384. The van der Waals surface area contributed by atoms with E-state index in [-0.39, 0.29) is 17.1 Å². The number of hydrogen-bond donors (Lipinski definition) is 1. The number of nitro benzene ring substituents is 1. The molecule has 0 spiro atoms. The summed E-state index contributed by atoms with van der Waals surface area (Å²) in [4.78, 5) is 20.1. The van der Waals surface area contributed by atoms with Crippen molar-refractivity contribution < 1.29 is 13.3 Å². The van der Waals surface area contributed by atoms with Gasteiger partial charge in [0.2, 0.25) is 10.0 Å². The molecule has 0 saturated heterocycles. The molecule has 0 heterocycles. The Kier molecular flexibility index (Phi) is 13.6. The van der Waals surface area contributed by atoms with Crippen molar-refractivity contribution in [3.8, 4) is 0 Å². The number of nitrogens with one attached hydrogen (secondary N) is 1. The molecule has 3 rings (SSSR count). The van der Waals surface area contributed by atoms with Crippen LogP contribution >= 0.6 is 0 Å². The van der Waals surface area contributed by atoms with E-state index in [2.05, 4.69) is 19.4 Å². The van der Waals surface area contributed by atoms with E-state index in [4.69, 9.17) is 0 Å². The van der Waals surface area contributed by atoms with Crippen molar-refractivity contribution in [2.45, 2.75) is 30.8 Å². The molecule has 0 aliphatic heterocycles. The number of anilines is 1. The second-order valence-corrected chi connectivity index (χ2v) is 13.1. The predicted molar refractivity (Wildman–Crippen MR) is 174 cm³/mol. The highest BCUT2D eigenvalue weighted by Crippen LogP contribution is 2.33. The van der Waals surface area contributed by atoms with E-state index < -0.39 is 14.9 Å². The van der Waals surface area contributed by atoms with Gasteiger partial charge in [-0.15, -0.1) is 0 Å². The second-order valence-electron chi connectivity index (χ2n) is 11.3. The lowest BCUT2D eigenvalue weighted by Crippen LogP contribution is -2.37. The maximum Gasteiger partial charge on any atom is 0.293 e. The minimum absolute atomic E-state index is 0.117. The molecule has 0 aromatic heterocycles. The topological polar surface area (TPSA) is 102 Å². The Morgan fingerprint density at radius 1 is 0.721 bits per heavy atom. The van der Waals surface area contributed by atoms with Crippen molar-refractivity contribution in [2.75, 3.05) is 72.4 Å². The fraction of sp³-hybridized carbons (Fsp3) is 0.438. The number of nitro groups is 1. The monoisotopic (exact) mass is 610 g/mol. The molecule has 0 radical (unpaired) electrons. The third-order valence-electron chi connectivity index (χ3n) is 7.11. The number of benzene rings is 3. The molecule has 3 aromatic carbocycles. The van der Waals surface area contributed by atoms with Crippen LogP contribution in [0.25, 0.3) is 0 Å². The first kappa shape index (κ1) is 34.1. The van der Waals surface area contributed by atoms with Crippen molar-refractivity contribution in [1.82, 2.24) is 19.4 Å². The third-order valence-corrected chi connectivity index (χ3v) is 8.57. The summed E-state index contributed by atoms with van der Waals surface area (Å²) in [7, 11) is 4.20. The Bertz CT molecular complexity index is 1320. The molecule has 0 bridgehead atoms. The summed E-state index contributed by atoms with van der Waals surface area (Å²) in [6.07, 6.45) is 1.97. The predicted octanol–water partition coefficient (Wildman–Crippen LogP) is 4.29. The molecule has 0 unspecified atom stereocenters. The Labute approximate surface area is 257 Å². The fourth-order valence-electron chi connectivity index (χ4n) is 4.90. The first-order chi connectivity index (χ1) is 20.5. The van der Waals surface area contributed by atoms with Crippen LogP contribution in [0.4, 0.5) is 11.4 Å². The SMILES string of the molecule is CN(C)CCCN(CCCN(C)C)CCNS(=O)(=O)c1ccc(N(Cc2ccccc2)Cc2ccccc2)c([N+](=O)[O-])c1. The van der Waals surface area contributed by atoms with Crippen LogP contribution in [0.1, 0.15) is 24.0 Å². The van der Waals surface area contributed by atoms with Gasteiger partial charge >= 0.3 is 0 Å². The lowest BCUT2D eigenvalue weighted by Gasteiger charge is -2.25. The molecule has 234 valence electrons. The highest BCUT2D eigenvalue weighted by Gasteiger charge is 2.25. The Hall–Kier alpha value is -3.35. The normalized spacial score (nSPS) is 11.9. The largest absolute Gasteiger partial charge is 0.357 e. The summed E-state index contributed by atoms with van der Waals surface area (Å²) in [5.74, 6) is 0. The molecule has 11 heteroatoms. The smallest absolute Gasteiger partial charge is 0.293 e. The summed E-state index contributed by atoms with van der Waals surface area (Å²) in [5.41, 5.74) is 2.10. The van der Waals surface area contributed by atoms with E-state index in [1.165, 1.54) is 12.1 Å². The molecule has 0 saturated carbocycles. The van der Waals surface area contributed by atoms with E-state index in [1.54, 1.807) is 6.07 Å². The average Bonchev–Trinajstić information content (AvgIpc) is 2.97. The summed E-state index contributed by atoms with van der Waals surface area (Å²) >= 11 is 0. The highest BCUT2D eigenvalue weighted by molar-refractivity contribution is 7.89. The molecular formula is C32H46N6O4S. The molecule has 1 N–H and O–H groups in total. The zero-order chi connectivity index (χ0) is 31.2. The van der Waals surface area contributed by atoms with Crippen molar-refractivity contribution >= 4 is 21.4 Å². The molecule has 0 amide bonds. The van der Waals surface area contributed by atoms with Crippen LogP contribution in [0.15, 0.2) is 83.8 Å². The van der Waals surface area contributed by atoms with Crippen LogP contribution < -0.4 is 9.62 Å². The van der Waals surface area contributed by atoms with Crippen molar-refractivity contribution in [3.63, 3.8) is 0 Å². The summed E-state index contributed by atoms with van der Waals surface area (Å²) in [6, 6.07) is 23.6. The van der Waals surface area contributed by atoms with E-state index in [9.17, 15) is 18.5 Å². The van der Waals surface area contributed by atoms with E-state index in [0.29, 0.717) is 25.3 Å². The van der Waals surface area contributed by atoms with Crippen molar-refractivity contribution in [2.24, 2.45) is 0 Å². The van der Waals surface area contributed by atoms with Gasteiger partial charge in [-0.1, -0.05) is 60.7 Å². The Balaban J connectivity index is 1.77. The number of rotatable bonds is 19. The summed E-state index contributed by atoms with van der Waals surface area (Å²) in [5, 5.41) is 12.3. The van der Waals surface area contributed by atoms with Crippen LogP contribution in [0.2, 0.25) is 0 Å². The summed E-state index contributed by atoms with van der Waals surface area (Å²) < 4.78 is 29.2. The first-order valence-electron chi connectivity index (χ1n) is 14.7. The number of sulfonamides is 1. The maximum atomic E-state index is 13.3. The van der Waals surface area contributed by atoms with Gasteiger partial charge in [0, 0.05) is 32.2 Å². The van der Waals surface area contributed by atoms with Crippen molar-refractivity contribution in [3.05, 3.63) is 100 Å². The van der Waals surface area contributed by atoms with E-state index in [1.807, 2.05) is 93.8 Å². The van der Waals surface area contributed by atoms with Gasteiger partial charge in [0.05, 0.1) is 9.82 Å². The standard InChI is InChI=1S/C32H46N6O4S/c1-34(2)20-11-22-36(23-12-21-35(3)4)24-19-33-43(41,42)30-17-18-31(32(25-30)38(39)40)37(26-28-13-7-5-8-14-28)27-29-15-9-6-10-16-29/h5-10,13-18,25,33H,11-12,19-24,26-27H2,1-4H3. The molecule has 0 atom stereocenters. The van der Waals surface area contributed by atoms with E-state index >= 15 is 0 Å². The summed E-state index contributed by atoms with van der Waals surface area (Å²) in [6.45, 7) is 5.28. The molecule has 0 aliphatic rings. The zero-order valence-corrected chi connectivity index (χ0v) is 26.7. The fourth-order valence-corrected chi connectivity index (χ4v) is 5.94. The minimum Gasteiger partial charge on any atom is -0.357 e. The Morgan fingerprint density at radius 3 is 1.70 bits per heavy atom. The molecule has 0 fully saturated rings. The van der Waals surface area contributed by atoms with Crippen LogP contribution in [0.5, 0.6) is 0 Å². The van der Waals surface area contributed by atoms with Gasteiger partial charge in [-0.3, -0.25) is 10.1 Å². The van der Waals surface area contributed by atoms with Gasteiger partial charge < -0.3 is 19.6 Å². The lowest BCUT2D eigenvalue weighted by atomic mass is 10.1. The van der Waals surface area contributed by atoms with Gasteiger partial charge in [0.25, 0.3) is 5.69 Å². The van der Waals surface area contributed by atoms with Gasteiger partial charge in [-0.25, -0.2) is 13.1 Å². The second kappa shape index (κ2) is 17.1. The highest BCUT2D eigenvalue weighted by atomic mass is 32.2. The number of nitrogens with zero attached hydrogens (tertiary/aromatic N) is 5. The van der Waals surface area contributed by atoms with E-state index in [0.717, 1.165) is 50.1 Å². The quantitative estimate of drug-likeness (QED) is 0.159. The van der Waals surface area contributed by atoms with Gasteiger partial charge in [0.1, 0.15) is 5.69 Å². The van der Waals surface area contributed by atoms with Crippen molar-refractivity contribution in [1.29, 1.82) is 0 Å². The van der Waals surface area contributed by atoms with Gasteiger partial charge in [-0.05, 0) is 90.5 Å². The molecule has 3 aromatic rings. The maximum absolute atomic E-state index is 13.3. The zero-order valence-electron chi connectivity index (χ0n) is 25.9. The third kappa shape index (κ3) is 11.7. The van der Waals surface area contributed by atoms with Crippen LogP contribution in [0.3, 0.4) is 0 Å². The van der Waals surface area contributed by atoms with Crippen LogP contribution in [0, 0.1) is 10.1 Å².